The number of rotatable bonds is 1. The summed E-state index contributed by atoms with van der Waals surface area (Å²) in [6, 6.07) is 0. The minimum atomic E-state index is -0.0452. The van der Waals surface area contributed by atoms with E-state index in [1.54, 1.807) is 4.68 Å². The minimum absolute atomic E-state index is 0.0452. The van der Waals surface area contributed by atoms with Gasteiger partial charge in [-0.2, -0.15) is 0 Å². The first-order chi connectivity index (χ1) is 7.29. The van der Waals surface area contributed by atoms with Gasteiger partial charge in [0.2, 0.25) is 0 Å². The van der Waals surface area contributed by atoms with Gasteiger partial charge in [0.25, 0.3) is 5.56 Å². The topological polar surface area (TPSA) is 68.2 Å². The number of nitrogens with two attached hydrogens (primary N) is 1. The molecule has 2 aliphatic rings. The molecule has 3 N–H and O–H groups in total. The lowest BCUT2D eigenvalue weighted by molar-refractivity contribution is 0.581. The fourth-order valence-electron chi connectivity index (χ4n) is 2.41. The summed E-state index contributed by atoms with van der Waals surface area (Å²) in [5, 5.41) is 2.00. The van der Waals surface area contributed by atoms with Gasteiger partial charge in [-0.3, -0.25) is 14.5 Å². The van der Waals surface area contributed by atoms with Crippen molar-refractivity contribution in [3.8, 4) is 0 Å². The van der Waals surface area contributed by atoms with E-state index in [1.165, 1.54) is 0 Å². The summed E-state index contributed by atoms with van der Waals surface area (Å²) in [6.45, 7) is 3.56. The summed E-state index contributed by atoms with van der Waals surface area (Å²) in [7, 11) is 0. The van der Waals surface area contributed by atoms with Crippen LogP contribution < -0.4 is 21.7 Å². The Kier molecular flexibility index (Phi) is 1.79. The number of nitrogens with zero attached hydrogens (tertiary/aromatic N) is 3. The minimum Gasteiger partial charge on any atom is -0.391 e. The van der Waals surface area contributed by atoms with Crippen molar-refractivity contribution < 1.29 is 0 Å². The highest BCUT2D eigenvalue weighted by Gasteiger charge is 2.26. The molecular weight excluding hydrogens is 194 g/mol. The maximum atomic E-state index is 11.8. The van der Waals surface area contributed by atoms with Crippen molar-refractivity contribution in [1.82, 2.24) is 14.8 Å². The molecule has 3 heterocycles. The van der Waals surface area contributed by atoms with Crippen molar-refractivity contribution in [1.29, 1.82) is 0 Å². The van der Waals surface area contributed by atoms with Crippen LogP contribution in [0.4, 0.5) is 11.5 Å². The maximum Gasteiger partial charge on any atom is 0.292 e. The van der Waals surface area contributed by atoms with E-state index in [4.69, 9.17) is 5.73 Å². The molecule has 0 atom stereocenters. The monoisotopic (exact) mass is 209 g/mol. The Hall–Kier alpha value is -1.43. The first kappa shape index (κ1) is 8.84. The molecule has 0 bridgehead atoms. The summed E-state index contributed by atoms with van der Waals surface area (Å²) < 4.78 is 3.74. The molecule has 0 aromatic carbocycles. The lowest BCUT2D eigenvalue weighted by Gasteiger charge is -2.19. The van der Waals surface area contributed by atoms with Crippen LogP contribution in [0.25, 0.3) is 0 Å². The fourth-order valence-corrected chi connectivity index (χ4v) is 2.41. The molecule has 6 heteroatoms. The van der Waals surface area contributed by atoms with E-state index in [0.29, 0.717) is 5.69 Å². The second-order valence-electron chi connectivity index (χ2n) is 4.06. The lowest BCUT2D eigenvalue weighted by atomic mass is 10.4. The highest BCUT2D eigenvalue weighted by molar-refractivity contribution is 5.62. The van der Waals surface area contributed by atoms with Crippen LogP contribution in [0.5, 0.6) is 0 Å². The molecule has 6 nitrogen and oxygen atoms in total. The van der Waals surface area contributed by atoms with Gasteiger partial charge in [-0.25, -0.2) is 10.1 Å². The normalized spacial score (nSPS) is 19.9. The molecule has 1 aromatic rings. The molecule has 82 valence electrons. The van der Waals surface area contributed by atoms with Crippen LogP contribution in [-0.2, 0) is 13.1 Å². The van der Waals surface area contributed by atoms with Gasteiger partial charge in [0, 0.05) is 26.2 Å². The van der Waals surface area contributed by atoms with E-state index in [-0.39, 0.29) is 5.56 Å². The van der Waals surface area contributed by atoms with Crippen molar-refractivity contribution in [3.63, 3.8) is 0 Å². The number of nitrogen functional groups attached to an aromatic ring is 1. The summed E-state index contributed by atoms with van der Waals surface area (Å²) in [5.74, 6) is 0.856. The standard InChI is InChI=1S/C9H15N5O/c10-7-8(12-4-1-3-11-12)13-5-2-6-14(13)9(7)15/h11H,1-6,10H2. The summed E-state index contributed by atoms with van der Waals surface area (Å²) in [5.41, 5.74) is 9.43. The van der Waals surface area contributed by atoms with E-state index in [1.807, 2.05) is 9.69 Å². The Bertz CT molecular complexity index is 440. The van der Waals surface area contributed by atoms with Gasteiger partial charge in [0.15, 0.2) is 5.82 Å². The SMILES string of the molecule is Nc1c(N2CCCN2)n2n(c1=O)CCC2. The molecule has 0 amide bonds. The molecule has 2 aliphatic heterocycles. The average Bonchev–Trinajstić information content (AvgIpc) is 2.89. The Morgan fingerprint density at radius 1 is 1.13 bits per heavy atom. The fraction of sp³-hybridized carbons (Fsp3) is 0.667. The zero-order valence-corrected chi connectivity index (χ0v) is 8.57. The second-order valence-corrected chi connectivity index (χ2v) is 4.06. The molecule has 3 rings (SSSR count). The van der Waals surface area contributed by atoms with Crippen LogP contribution in [0.15, 0.2) is 4.79 Å². The Labute approximate surface area is 87.2 Å². The van der Waals surface area contributed by atoms with E-state index in [9.17, 15) is 4.79 Å². The molecular formula is C9H15N5O. The van der Waals surface area contributed by atoms with Gasteiger partial charge in [-0.05, 0) is 12.8 Å². The van der Waals surface area contributed by atoms with Gasteiger partial charge in [-0.15, -0.1) is 0 Å². The first-order valence-electron chi connectivity index (χ1n) is 5.39. The summed E-state index contributed by atoms with van der Waals surface area (Å²) in [6.07, 6.45) is 2.12. The van der Waals surface area contributed by atoms with Gasteiger partial charge >= 0.3 is 0 Å². The van der Waals surface area contributed by atoms with E-state index in [0.717, 1.165) is 44.8 Å². The van der Waals surface area contributed by atoms with E-state index < -0.39 is 0 Å². The van der Waals surface area contributed by atoms with Crippen molar-refractivity contribution >= 4 is 11.5 Å². The first-order valence-corrected chi connectivity index (χ1v) is 5.39. The number of nitrogens with one attached hydrogen (secondary N) is 1. The lowest BCUT2D eigenvalue weighted by Crippen LogP contribution is -2.33. The largest absolute Gasteiger partial charge is 0.391 e. The quantitative estimate of drug-likeness (QED) is 0.645. The van der Waals surface area contributed by atoms with E-state index in [2.05, 4.69) is 5.43 Å². The molecule has 0 spiro atoms. The maximum absolute atomic E-state index is 11.8. The Morgan fingerprint density at radius 2 is 1.93 bits per heavy atom. The zero-order valence-electron chi connectivity index (χ0n) is 8.57. The van der Waals surface area contributed by atoms with Crippen LogP contribution in [0, 0.1) is 0 Å². The number of hydrogen-bond acceptors (Lipinski definition) is 4. The number of hydrogen-bond donors (Lipinski definition) is 2. The van der Waals surface area contributed by atoms with Gasteiger partial charge in [-0.1, -0.05) is 0 Å². The Balaban J connectivity index is 2.13. The van der Waals surface area contributed by atoms with Crippen LogP contribution in [0.3, 0.4) is 0 Å². The molecule has 0 radical (unpaired) electrons. The van der Waals surface area contributed by atoms with Crippen molar-refractivity contribution in [2.24, 2.45) is 0 Å². The number of anilines is 2. The predicted octanol–water partition coefficient (Wildman–Crippen LogP) is -0.650. The molecule has 15 heavy (non-hydrogen) atoms. The molecule has 1 fully saturated rings. The zero-order chi connectivity index (χ0) is 10.4. The highest BCUT2D eigenvalue weighted by atomic mass is 16.1. The third-order valence-electron chi connectivity index (χ3n) is 3.10. The molecule has 0 unspecified atom stereocenters. The third kappa shape index (κ3) is 1.11. The van der Waals surface area contributed by atoms with Crippen molar-refractivity contribution in [3.05, 3.63) is 10.4 Å². The number of fused-ring (bicyclic) bond motifs is 1. The van der Waals surface area contributed by atoms with E-state index >= 15 is 0 Å². The van der Waals surface area contributed by atoms with Crippen LogP contribution in [-0.4, -0.2) is 22.5 Å². The van der Waals surface area contributed by atoms with Gasteiger partial charge in [0.05, 0.1) is 0 Å². The van der Waals surface area contributed by atoms with Gasteiger partial charge in [0.1, 0.15) is 5.69 Å². The molecule has 0 saturated carbocycles. The van der Waals surface area contributed by atoms with Crippen LogP contribution in [0.1, 0.15) is 12.8 Å². The second kappa shape index (κ2) is 3.03. The molecule has 1 aromatic heterocycles. The predicted molar refractivity (Wildman–Crippen MR) is 57.7 cm³/mol. The third-order valence-corrected chi connectivity index (χ3v) is 3.10. The highest BCUT2D eigenvalue weighted by Crippen LogP contribution is 2.24. The van der Waals surface area contributed by atoms with Gasteiger partial charge < -0.3 is 5.73 Å². The molecule has 1 saturated heterocycles. The van der Waals surface area contributed by atoms with Crippen molar-refractivity contribution in [2.75, 3.05) is 23.8 Å². The summed E-state index contributed by atoms with van der Waals surface area (Å²) >= 11 is 0. The number of aromatic nitrogens is 2. The summed E-state index contributed by atoms with van der Waals surface area (Å²) in [4.78, 5) is 11.8. The number of hydrazine groups is 1. The average molecular weight is 209 g/mol. The molecule has 0 aliphatic carbocycles. The Morgan fingerprint density at radius 3 is 2.67 bits per heavy atom. The van der Waals surface area contributed by atoms with Crippen LogP contribution in [0.2, 0.25) is 0 Å². The smallest absolute Gasteiger partial charge is 0.292 e. The van der Waals surface area contributed by atoms with Crippen LogP contribution >= 0.6 is 0 Å². The van der Waals surface area contributed by atoms with Crippen molar-refractivity contribution in [2.45, 2.75) is 25.9 Å².